The summed E-state index contributed by atoms with van der Waals surface area (Å²) in [5.74, 6) is -0.257. The minimum atomic E-state index is -0.851. The molecule has 0 aromatic heterocycles. The Kier molecular flexibility index (Phi) is 1.86. The lowest BCUT2D eigenvalue weighted by Gasteiger charge is -2.19. The van der Waals surface area contributed by atoms with Gasteiger partial charge in [0.05, 0.1) is 5.92 Å². The van der Waals surface area contributed by atoms with E-state index in [0.29, 0.717) is 6.42 Å². The molecule has 0 N–H and O–H groups in total. The lowest BCUT2D eigenvalue weighted by atomic mass is 9.93. The van der Waals surface area contributed by atoms with E-state index in [2.05, 4.69) is 13.8 Å². The van der Waals surface area contributed by atoms with E-state index in [0.717, 1.165) is 19.5 Å². The van der Waals surface area contributed by atoms with E-state index in [1.165, 1.54) is 0 Å². The SMILES string of the molecule is CC1(C)CCN(C(=O)[C@@H]2C[C@H]2F)C1. The molecule has 0 bridgehead atoms. The van der Waals surface area contributed by atoms with Crippen LogP contribution >= 0.6 is 0 Å². The smallest absolute Gasteiger partial charge is 0.228 e. The average Bonchev–Trinajstić information content (AvgIpc) is 2.64. The van der Waals surface area contributed by atoms with Crippen molar-refractivity contribution in [3.05, 3.63) is 0 Å². The molecule has 0 radical (unpaired) electrons. The van der Waals surface area contributed by atoms with Gasteiger partial charge in [-0.15, -0.1) is 0 Å². The number of hydrogen-bond acceptors (Lipinski definition) is 1. The van der Waals surface area contributed by atoms with Crippen LogP contribution in [0.4, 0.5) is 4.39 Å². The first-order chi connectivity index (χ1) is 5.99. The number of likely N-dealkylation sites (tertiary alicyclic amines) is 1. The molecule has 2 atom stereocenters. The fraction of sp³-hybridized carbons (Fsp3) is 0.900. The molecular weight excluding hydrogens is 169 g/mol. The monoisotopic (exact) mass is 185 g/mol. The van der Waals surface area contributed by atoms with Gasteiger partial charge in [-0.2, -0.15) is 0 Å². The van der Waals surface area contributed by atoms with Crippen LogP contribution in [-0.4, -0.2) is 30.1 Å². The molecule has 2 rings (SSSR count). The molecule has 0 aromatic carbocycles. The van der Waals surface area contributed by atoms with Gasteiger partial charge in [-0.3, -0.25) is 4.79 Å². The van der Waals surface area contributed by atoms with Gasteiger partial charge in [0.2, 0.25) is 5.91 Å². The Morgan fingerprint density at radius 2 is 2.15 bits per heavy atom. The number of amides is 1. The third-order valence-corrected chi connectivity index (χ3v) is 3.02. The normalized spacial score (nSPS) is 36.4. The summed E-state index contributed by atoms with van der Waals surface area (Å²) in [6.45, 7) is 5.92. The molecule has 3 heteroatoms. The third-order valence-electron chi connectivity index (χ3n) is 3.02. The molecule has 2 aliphatic rings. The first kappa shape index (κ1) is 8.97. The number of rotatable bonds is 1. The summed E-state index contributed by atoms with van der Waals surface area (Å²) in [4.78, 5) is 13.4. The quantitative estimate of drug-likeness (QED) is 0.607. The molecule has 2 nitrogen and oxygen atoms in total. The Morgan fingerprint density at radius 3 is 2.54 bits per heavy atom. The zero-order valence-electron chi connectivity index (χ0n) is 8.22. The van der Waals surface area contributed by atoms with E-state index in [1.54, 1.807) is 0 Å². The van der Waals surface area contributed by atoms with E-state index >= 15 is 0 Å². The Hall–Kier alpha value is -0.600. The van der Waals surface area contributed by atoms with E-state index in [1.807, 2.05) is 4.90 Å². The fourth-order valence-corrected chi connectivity index (χ4v) is 1.95. The zero-order valence-corrected chi connectivity index (χ0v) is 8.22. The second-order valence-electron chi connectivity index (χ2n) is 5.03. The third kappa shape index (κ3) is 1.69. The van der Waals surface area contributed by atoms with Gasteiger partial charge in [0.25, 0.3) is 0 Å². The van der Waals surface area contributed by atoms with E-state index in [4.69, 9.17) is 0 Å². The first-order valence-corrected chi connectivity index (χ1v) is 4.92. The highest BCUT2D eigenvalue weighted by Gasteiger charge is 2.47. The van der Waals surface area contributed by atoms with Gasteiger partial charge in [-0.1, -0.05) is 13.8 Å². The van der Waals surface area contributed by atoms with Crippen molar-refractivity contribution in [1.82, 2.24) is 4.90 Å². The summed E-state index contributed by atoms with van der Waals surface area (Å²) in [7, 11) is 0. The van der Waals surface area contributed by atoms with Crippen molar-refractivity contribution in [3.8, 4) is 0 Å². The molecule has 1 aliphatic carbocycles. The van der Waals surface area contributed by atoms with Crippen LogP contribution in [0.2, 0.25) is 0 Å². The second kappa shape index (κ2) is 2.69. The predicted octanol–water partition coefficient (Wildman–Crippen LogP) is 1.60. The summed E-state index contributed by atoms with van der Waals surface area (Å²) in [6.07, 6.45) is 0.647. The maximum atomic E-state index is 12.6. The summed E-state index contributed by atoms with van der Waals surface area (Å²) < 4.78 is 12.6. The number of halogens is 1. The number of nitrogens with zero attached hydrogens (tertiary/aromatic N) is 1. The van der Waals surface area contributed by atoms with Gasteiger partial charge in [0.15, 0.2) is 0 Å². The van der Waals surface area contributed by atoms with Crippen LogP contribution in [0.5, 0.6) is 0 Å². The molecule has 1 aliphatic heterocycles. The van der Waals surface area contributed by atoms with E-state index < -0.39 is 6.17 Å². The summed E-state index contributed by atoms with van der Waals surface area (Å²) in [5, 5.41) is 0. The Balaban J connectivity index is 1.93. The van der Waals surface area contributed by atoms with Crippen molar-refractivity contribution in [1.29, 1.82) is 0 Å². The number of carbonyl (C=O) groups excluding carboxylic acids is 1. The molecule has 2 fully saturated rings. The van der Waals surface area contributed by atoms with Crippen molar-refractivity contribution in [2.24, 2.45) is 11.3 Å². The second-order valence-corrected chi connectivity index (χ2v) is 5.03. The highest BCUT2D eigenvalue weighted by atomic mass is 19.1. The number of carbonyl (C=O) groups is 1. The standard InChI is InChI=1S/C10H16FNO/c1-10(2)3-4-12(6-10)9(13)7-5-8(7)11/h7-8H,3-6H2,1-2H3/t7-,8-/m1/s1. The van der Waals surface area contributed by atoms with Crippen molar-refractivity contribution in [2.45, 2.75) is 32.9 Å². The van der Waals surface area contributed by atoms with E-state index in [-0.39, 0.29) is 17.2 Å². The molecule has 1 saturated heterocycles. The average molecular weight is 185 g/mol. The Bertz CT molecular complexity index is 239. The molecule has 1 heterocycles. The maximum Gasteiger partial charge on any atom is 0.228 e. The van der Waals surface area contributed by atoms with Crippen LogP contribution in [0, 0.1) is 11.3 Å². The van der Waals surface area contributed by atoms with Crippen LogP contribution in [0.1, 0.15) is 26.7 Å². The molecule has 1 saturated carbocycles. The van der Waals surface area contributed by atoms with Gasteiger partial charge in [-0.05, 0) is 18.3 Å². The van der Waals surface area contributed by atoms with E-state index in [9.17, 15) is 9.18 Å². The minimum absolute atomic E-state index is 0.0399. The van der Waals surface area contributed by atoms with Gasteiger partial charge < -0.3 is 4.90 Å². The van der Waals surface area contributed by atoms with Crippen LogP contribution in [0.15, 0.2) is 0 Å². The van der Waals surface area contributed by atoms with Crippen LogP contribution < -0.4 is 0 Å². The van der Waals surface area contributed by atoms with Gasteiger partial charge in [0, 0.05) is 13.1 Å². The summed E-state index contributed by atoms with van der Waals surface area (Å²) in [5.41, 5.74) is 0.232. The predicted molar refractivity (Wildman–Crippen MR) is 48.0 cm³/mol. The van der Waals surface area contributed by atoms with Crippen molar-refractivity contribution >= 4 is 5.91 Å². The van der Waals surface area contributed by atoms with Crippen LogP contribution in [0.3, 0.4) is 0 Å². The molecule has 1 amide bonds. The molecule has 13 heavy (non-hydrogen) atoms. The lowest BCUT2D eigenvalue weighted by Crippen LogP contribution is -2.32. The van der Waals surface area contributed by atoms with Crippen LogP contribution in [0.25, 0.3) is 0 Å². The molecule has 0 spiro atoms. The van der Waals surface area contributed by atoms with Crippen molar-refractivity contribution in [2.75, 3.05) is 13.1 Å². The number of alkyl halides is 1. The fourth-order valence-electron chi connectivity index (χ4n) is 1.95. The molecule has 0 aromatic rings. The topological polar surface area (TPSA) is 20.3 Å². The highest BCUT2D eigenvalue weighted by Crippen LogP contribution is 2.38. The Morgan fingerprint density at radius 1 is 1.54 bits per heavy atom. The van der Waals surface area contributed by atoms with Crippen LogP contribution in [-0.2, 0) is 4.79 Å². The maximum absolute atomic E-state index is 12.6. The summed E-state index contributed by atoms with van der Waals surface area (Å²) >= 11 is 0. The molecular formula is C10H16FNO. The zero-order chi connectivity index (χ0) is 9.64. The minimum Gasteiger partial charge on any atom is -0.342 e. The molecule has 74 valence electrons. The van der Waals surface area contributed by atoms with Crippen molar-refractivity contribution in [3.63, 3.8) is 0 Å². The van der Waals surface area contributed by atoms with Crippen molar-refractivity contribution < 1.29 is 9.18 Å². The van der Waals surface area contributed by atoms with Gasteiger partial charge in [0.1, 0.15) is 6.17 Å². The summed E-state index contributed by atoms with van der Waals surface area (Å²) in [6, 6.07) is 0. The Labute approximate surface area is 78.1 Å². The lowest BCUT2D eigenvalue weighted by molar-refractivity contribution is -0.132. The number of hydrogen-bond donors (Lipinski definition) is 0. The highest BCUT2D eigenvalue weighted by molar-refractivity contribution is 5.82. The van der Waals surface area contributed by atoms with Gasteiger partial charge >= 0.3 is 0 Å². The first-order valence-electron chi connectivity index (χ1n) is 4.92. The van der Waals surface area contributed by atoms with Gasteiger partial charge in [-0.25, -0.2) is 4.39 Å². The largest absolute Gasteiger partial charge is 0.342 e. The molecule has 0 unspecified atom stereocenters.